The van der Waals surface area contributed by atoms with Gasteiger partial charge in [-0.3, -0.25) is 14.7 Å². The Morgan fingerprint density at radius 1 is 1.32 bits per heavy atom. The summed E-state index contributed by atoms with van der Waals surface area (Å²) in [6.07, 6.45) is 8.98. The summed E-state index contributed by atoms with van der Waals surface area (Å²) in [7, 11) is 0. The van der Waals surface area contributed by atoms with Crippen LogP contribution < -0.4 is 5.32 Å². The molecule has 2 amide bonds. The van der Waals surface area contributed by atoms with Gasteiger partial charge in [-0.05, 0) is 38.0 Å². The molecular weight excluding hydrogens is 320 g/mol. The fraction of sp³-hybridized carbons (Fsp3) is 0.333. The number of rotatable bonds is 3. The molecule has 0 aromatic carbocycles. The number of hydrogen-bond acceptors (Lipinski definition) is 5. The van der Waals surface area contributed by atoms with Crippen LogP contribution >= 0.6 is 0 Å². The lowest BCUT2D eigenvalue weighted by atomic mass is 10.1. The maximum atomic E-state index is 12.1. The minimum Gasteiger partial charge on any atom is -0.444 e. The molecule has 0 radical (unpaired) electrons. The van der Waals surface area contributed by atoms with Crippen LogP contribution in [0, 0.1) is 0 Å². The smallest absolute Gasteiger partial charge is 0.410 e. The second-order valence-electron chi connectivity index (χ2n) is 6.56. The molecule has 25 heavy (non-hydrogen) atoms. The number of nitrogens with one attached hydrogen (secondary N) is 1. The Morgan fingerprint density at radius 3 is 2.72 bits per heavy atom. The van der Waals surface area contributed by atoms with E-state index in [1.54, 1.807) is 11.0 Å². The fourth-order valence-electron chi connectivity index (χ4n) is 2.11. The normalized spacial score (nSPS) is 16.5. The summed E-state index contributed by atoms with van der Waals surface area (Å²) >= 11 is 0. The van der Waals surface area contributed by atoms with Crippen LogP contribution in [0.25, 0.3) is 0 Å². The van der Waals surface area contributed by atoms with Crippen LogP contribution in [0.5, 0.6) is 0 Å². The Morgan fingerprint density at radius 2 is 2.08 bits per heavy atom. The van der Waals surface area contributed by atoms with Crippen molar-refractivity contribution in [1.29, 1.82) is 0 Å². The minimum atomic E-state index is -0.532. The van der Waals surface area contributed by atoms with Crippen LogP contribution in [-0.4, -0.2) is 45.6 Å². The van der Waals surface area contributed by atoms with E-state index in [0.717, 1.165) is 11.1 Å². The van der Waals surface area contributed by atoms with Gasteiger partial charge in [-0.2, -0.15) is 0 Å². The molecule has 1 N–H and O–H groups in total. The van der Waals surface area contributed by atoms with Gasteiger partial charge in [0.1, 0.15) is 11.3 Å². The van der Waals surface area contributed by atoms with Gasteiger partial charge in [0, 0.05) is 31.7 Å². The summed E-state index contributed by atoms with van der Waals surface area (Å²) in [5.41, 5.74) is 1.46. The molecule has 1 aliphatic heterocycles. The van der Waals surface area contributed by atoms with Crippen molar-refractivity contribution in [3.63, 3.8) is 0 Å². The Labute approximate surface area is 147 Å². The first-order chi connectivity index (χ1) is 11.8. The topological polar surface area (TPSA) is 84.4 Å². The number of carbonyl (C=O) groups excluding carboxylic acids is 2. The average Bonchev–Trinajstić information content (AvgIpc) is 2.92. The summed E-state index contributed by atoms with van der Waals surface area (Å²) in [5.74, 6) is -0.344. The average molecular weight is 342 g/mol. The number of carbonyl (C=O) groups is 2. The molecule has 1 saturated heterocycles. The van der Waals surface area contributed by atoms with Gasteiger partial charge in [0.05, 0.1) is 6.20 Å². The van der Waals surface area contributed by atoms with Crippen LogP contribution in [0.1, 0.15) is 31.3 Å². The van der Waals surface area contributed by atoms with Gasteiger partial charge in [0.15, 0.2) is 0 Å². The second-order valence-corrected chi connectivity index (χ2v) is 6.56. The molecule has 7 heteroatoms. The van der Waals surface area contributed by atoms with Crippen molar-refractivity contribution in [3.05, 3.63) is 60.4 Å². The van der Waals surface area contributed by atoms with Crippen molar-refractivity contribution in [2.75, 3.05) is 13.1 Å². The third kappa shape index (κ3) is 5.56. The van der Waals surface area contributed by atoms with Crippen molar-refractivity contribution in [2.45, 2.75) is 26.4 Å². The van der Waals surface area contributed by atoms with Crippen LogP contribution in [0.4, 0.5) is 4.79 Å². The van der Waals surface area contributed by atoms with Gasteiger partial charge in [-0.25, -0.2) is 9.78 Å². The van der Waals surface area contributed by atoms with E-state index < -0.39 is 5.60 Å². The molecule has 0 aliphatic carbocycles. The lowest BCUT2D eigenvalue weighted by Crippen LogP contribution is -2.34. The van der Waals surface area contributed by atoms with Gasteiger partial charge in [-0.1, -0.05) is 12.7 Å². The molecule has 2 heterocycles. The molecule has 0 spiro atoms. The monoisotopic (exact) mass is 342 g/mol. The summed E-state index contributed by atoms with van der Waals surface area (Å²) < 4.78 is 5.36. The highest BCUT2D eigenvalue weighted by Crippen LogP contribution is 2.22. The predicted octanol–water partition coefficient (Wildman–Crippen LogP) is 2.45. The highest BCUT2D eigenvalue weighted by molar-refractivity contribution is 5.92. The van der Waals surface area contributed by atoms with Crippen molar-refractivity contribution < 1.29 is 14.3 Å². The Kier molecular flexibility index (Phi) is 5.69. The van der Waals surface area contributed by atoms with E-state index in [-0.39, 0.29) is 17.7 Å². The number of ether oxygens (including phenoxy) is 1. The molecule has 2 rings (SSSR count). The summed E-state index contributed by atoms with van der Waals surface area (Å²) in [4.78, 5) is 33.2. The number of amides is 2. The van der Waals surface area contributed by atoms with Gasteiger partial charge in [0.2, 0.25) is 0 Å². The van der Waals surface area contributed by atoms with E-state index in [2.05, 4.69) is 21.9 Å². The summed E-state index contributed by atoms with van der Waals surface area (Å²) in [6, 6.07) is 0. The molecule has 0 saturated carbocycles. The first-order valence-electron chi connectivity index (χ1n) is 7.85. The van der Waals surface area contributed by atoms with Gasteiger partial charge in [0.25, 0.3) is 5.91 Å². The largest absolute Gasteiger partial charge is 0.444 e. The minimum absolute atomic E-state index is 0.237. The van der Waals surface area contributed by atoms with E-state index in [4.69, 9.17) is 4.74 Å². The number of aromatic nitrogens is 2. The van der Waals surface area contributed by atoms with Crippen LogP contribution in [0.2, 0.25) is 0 Å². The first kappa shape index (κ1) is 18.4. The SMILES string of the molecule is C=C1CN(C(=O)OC(C)(C)C)C/C1=C/C=C/NC(=O)c1cnccn1. The first-order valence-corrected chi connectivity index (χ1v) is 7.85. The molecule has 0 atom stereocenters. The Hall–Kier alpha value is -2.96. The van der Waals surface area contributed by atoms with Gasteiger partial charge >= 0.3 is 6.09 Å². The Balaban J connectivity index is 1.90. The maximum absolute atomic E-state index is 12.1. The van der Waals surface area contributed by atoms with Crippen LogP contribution in [0.15, 0.2) is 54.7 Å². The molecule has 7 nitrogen and oxygen atoms in total. The third-order valence-electron chi connectivity index (χ3n) is 3.25. The summed E-state index contributed by atoms with van der Waals surface area (Å²) in [5, 5.41) is 2.60. The van der Waals surface area contributed by atoms with Gasteiger partial charge < -0.3 is 10.1 Å². The molecule has 132 valence electrons. The van der Waals surface area contributed by atoms with E-state index in [0.29, 0.717) is 13.1 Å². The van der Waals surface area contributed by atoms with Crippen molar-refractivity contribution in [3.8, 4) is 0 Å². The van der Waals surface area contributed by atoms with Gasteiger partial charge in [-0.15, -0.1) is 0 Å². The number of nitrogens with zero attached hydrogens (tertiary/aromatic N) is 3. The van der Waals surface area contributed by atoms with Crippen molar-refractivity contribution in [1.82, 2.24) is 20.2 Å². The van der Waals surface area contributed by atoms with E-state index in [9.17, 15) is 9.59 Å². The van der Waals surface area contributed by atoms with Crippen LogP contribution in [0.3, 0.4) is 0 Å². The third-order valence-corrected chi connectivity index (χ3v) is 3.25. The van der Waals surface area contributed by atoms with Crippen LogP contribution in [-0.2, 0) is 4.74 Å². The lowest BCUT2D eigenvalue weighted by Gasteiger charge is -2.23. The summed E-state index contributed by atoms with van der Waals surface area (Å²) in [6.45, 7) is 10.3. The molecule has 1 aliphatic rings. The highest BCUT2D eigenvalue weighted by atomic mass is 16.6. The lowest BCUT2D eigenvalue weighted by molar-refractivity contribution is 0.0305. The highest BCUT2D eigenvalue weighted by Gasteiger charge is 2.28. The number of allylic oxidation sites excluding steroid dienone is 2. The zero-order valence-corrected chi connectivity index (χ0v) is 14.7. The van der Waals surface area contributed by atoms with E-state index in [1.165, 1.54) is 24.8 Å². The van der Waals surface area contributed by atoms with E-state index in [1.807, 2.05) is 26.8 Å². The standard InChI is InChI=1S/C18H22N4O3/c1-13-11-22(17(24)25-18(2,3)4)12-14(13)6-5-7-21-16(23)15-10-19-8-9-20-15/h5-10H,1,11-12H2,2-4H3,(H,21,23)/b7-5+,14-6-. The molecule has 0 unspecified atom stereocenters. The maximum Gasteiger partial charge on any atom is 0.410 e. The molecule has 1 aromatic rings. The molecule has 1 aromatic heterocycles. The Bertz CT molecular complexity index is 718. The molecule has 0 bridgehead atoms. The zero-order valence-electron chi connectivity index (χ0n) is 14.7. The van der Waals surface area contributed by atoms with E-state index >= 15 is 0 Å². The molecular formula is C18H22N4O3. The van der Waals surface area contributed by atoms with Crippen molar-refractivity contribution in [2.24, 2.45) is 0 Å². The van der Waals surface area contributed by atoms with Crippen molar-refractivity contribution >= 4 is 12.0 Å². The fourth-order valence-corrected chi connectivity index (χ4v) is 2.11. The quantitative estimate of drug-likeness (QED) is 0.912. The second kappa shape index (κ2) is 7.74. The zero-order chi connectivity index (χ0) is 18.4. The molecule has 1 fully saturated rings. The number of hydrogen-bond donors (Lipinski definition) is 1. The predicted molar refractivity (Wildman–Crippen MR) is 93.7 cm³/mol. The number of likely N-dealkylation sites (tertiary alicyclic amines) is 1.